The number of aliphatic hydroxyl groups is 1. The van der Waals surface area contributed by atoms with Crippen molar-refractivity contribution in [3.63, 3.8) is 0 Å². The van der Waals surface area contributed by atoms with E-state index in [0.29, 0.717) is 22.3 Å². The lowest BCUT2D eigenvalue weighted by Gasteiger charge is -2.37. The molecule has 0 unspecified atom stereocenters. The number of hydrogen-bond donors (Lipinski definition) is 2. The van der Waals surface area contributed by atoms with Gasteiger partial charge >= 0.3 is 5.97 Å². The summed E-state index contributed by atoms with van der Waals surface area (Å²) in [5.41, 5.74) is 1.41. The molecule has 3 heterocycles. The van der Waals surface area contributed by atoms with E-state index in [0.717, 1.165) is 0 Å². The van der Waals surface area contributed by atoms with E-state index in [1.165, 1.54) is 23.1 Å². The summed E-state index contributed by atoms with van der Waals surface area (Å²) >= 11 is 0. The maximum absolute atomic E-state index is 13.0. The summed E-state index contributed by atoms with van der Waals surface area (Å²) in [5, 5.41) is 24.0. The van der Waals surface area contributed by atoms with Crippen molar-refractivity contribution in [3.8, 4) is 5.69 Å². The topological polar surface area (TPSA) is 101 Å². The summed E-state index contributed by atoms with van der Waals surface area (Å²) in [6.07, 6.45) is 2.71. The minimum Gasteiger partial charge on any atom is -0.477 e. The van der Waals surface area contributed by atoms with Gasteiger partial charge in [-0.2, -0.15) is 5.10 Å². The standard InChI is InChI=1S/C17H14F2N4O3/c18-17(19)4-11(5-17)14(24)9-3-10-7-22-23(15(10)21-6-9)12-1-2-13(16(25)26)20-8-12/h1-3,6-8,11,14,24H,4-5H2,(H,25,26)/t14-/m0/s1. The molecule has 0 radical (unpaired) electrons. The van der Waals surface area contributed by atoms with Crippen LogP contribution in [0.15, 0.2) is 36.8 Å². The lowest BCUT2D eigenvalue weighted by Crippen LogP contribution is -2.38. The van der Waals surface area contributed by atoms with Crippen molar-refractivity contribution in [1.29, 1.82) is 0 Å². The largest absolute Gasteiger partial charge is 0.477 e. The van der Waals surface area contributed by atoms with Crippen LogP contribution in [0.25, 0.3) is 16.7 Å². The van der Waals surface area contributed by atoms with Crippen LogP contribution in [0.3, 0.4) is 0 Å². The fraction of sp³-hybridized carbons (Fsp3) is 0.294. The van der Waals surface area contributed by atoms with Crippen molar-refractivity contribution < 1.29 is 23.8 Å². The molecule has 9 heteroatoms. The van der Waals surface area contributed by atoms with Crippen LogP contribution in [0.2, 0.25) is 0 Å². The SMILES string of the molecule is O=C(O)c1ccc(-n2ncc3cc([C@H](O)C4CC(F)(F)C4)cnc32)cn1. The first-order valence-electron chi connectivity index (χ1n) is 7.93. The number of alkyl halides is 2. The molecule has 1 aliphatic rings. The number of carboxylic acids is 1. The third-order valence-electron chi connectivity index (χ3n) is 4.55. The van der Waals surface area contributed by atoms with Crippen LogP contribution in [0.5, 0.6) is 0 Å². The molecule has 1 aliphatic carbocycles. The molecule has 0 saturated heterocycles. The summed E-state index contributed by atoms with van der Waals surface area (Å²) in [7, 11) is 0. The van der Waals surface area contributed by atoms with Gasteiger partial charge in [-0.05, 0) is 23.8 Å². The van der Waals surface area contributed by atoms with Gasteiger partial charge in [0, 0.05) is 30.3 Å². The highest BCUT2D eigenvalue weighted by molar-refractivity contribution is 5.85. The minimum atomic E-state index is -2.69. The molecule has 0 spiro atoms. The zero-order valence-corrected chi connectivity index (χ0v) is 13.4. The molecule has 1 atom stereocenters. The highest BCUT2D eigenvalue weighted by Crippen LogP contribution is 2.48. The number of hydrogen-bond acceptors (Lipinski definition) is 5. The molecule has 4 rings (SSSR count). The van der Waals surface area contributed by atoms with Gasteiger partial charge in [0.15, 0.2) is 5.65 Å². The predicted octanol–water partition coefficient (Wildman–Crippen LogP) is 2.59. The Balaban J connectivity index is 1.62. The summed E-state index contributed by atoms with van der Waals surface area (Å²) < 4.78 is 27.5. The van der Waals surface area contributed by atoms with Gasteiger partial charge < -0.3 is 10.2 Å². The molecule has 26 heavy (non-hydrogen) atoms. The van der Waals surface area contributed by atoms with Crippen LogP contribution in [-0.4, -0.2) is 41.9 Å². The summed E-state index contributed by atoms with van der Waals surface area (Å²) in [4.78, 5) is 19.0. The molecule has 3 aromatic heterocycles. The molecule has 0 amide bonds. The number of rotatable bonds is 4. The fourth-order valence-electron chi connectivity index (χ4n) is 3.13. The number of nitrogens with zero attached hydrogens (tertiary/aromatic N) is 4. The van der Waals surface area contributed by atoms with Gasteiger partial charge in [0.25, 0.3) is 0 Å². The number of fused-ring (bicyclic) bond motifs is 1. The van der Waals surface area contributed by atoms with Crippen LogP contribution in [0.1, 0.15) is 35.0 Å². The Labute approximate surface area is 145 Å². The van der Waals surface area contributed by atoms with Crippen LogP contribution >= 0.6 is 0 Å². The second kappa shape index (κ2) is 5.80. The van der Waals surface area contributed by atoms with Gasteiger partial charge in [-0.15, -0.1) is 0 Å². The van der Waals surface area contributed by atoms with E-state index >= 15 is 0 Å². The number of aromatic nitrogens is 4. The monoisotopic (exact) mass is 360 g/mol. The van der Waals surface area contributed by atoms with Gasteiger partial charge in [-0.25, -0.2) is 28.2 Å². The molecule has 7 nitrogen and oxygen atoms in total. The third-order valence-corrected chi connectivity index (χ3v) is 4.55. The Kier molecular flexibility index (Phi) is 3.69. The lowest BCUT2D eigenvalue weighted by molar-refractivity contribution is -0.142. The molecular formula is C17H14F2N4O3. The lowest BCUT2D eigenvalue weighted by atomic mass is 9.76. The molecular weight excluding hydrogens is 346 g/mol. The zero-order valence-electron chi connectivity index (χ0n) is 13.4. The van der Waals surface area contributed by atoms with E-state index in [-0.39, 0.29) is 18.5 Å². The second-order valence-electron chi connectivity index (χ2n) is 6.41. The zero-order chi connectivity index (χ0) is 18.5. The molecule has 1 fully saturated rings. The normalized spacial score (nSPS) is 17.8. The molecule has 2 N–H and O–H groups in total. The maximum Gasteiger partial charge on any atom is 0.354 e. The second-order valence-corrected chi connectivity index (χ2v) is 6.41. The van der Waals surface area contributed by atoms with Crippen molar-refractivity contribution in [2.45, 2.75) is 24.9 Å². The van der Waals surface area contributed by atoms with Crippen LogP contribution < -0.4 is 0 Å². The van der Waals surface area contributed by atoms with Gasteiger partial charge in [0.2, 0.25) is 5.92 Å². The van der Waals surface area contributed by atoms with Crippen molar-refractivity contribution in [2.75, 3.05) is 0 Å². The fourth-order valence-corrected chi connectivity index (χ4v) is 3.13. The van der Waals surface area contributed by atoms with Crippen molar-refractivity contribution in [2.24, 2.45) is 5.92 Å². The van der Waals surface area contributed by atoms with E-state index < -0.39 is 23.9 Å². The first-order valence-corrected chi connectivity index (χ1v) is 7.93. The average molecular weight is 360 g/mol. The van der Waals surface area contributed by atoms with Gasteiger partial charge in [-0.1, -0.05) is 0 Å². The molecule has 0 aromatic carbocycles. The van der Waals surface area contributed by atoms with E-state index in [4.69, 9.17) is 5.11 Å². The first kappa shape index (κ1) is 16.5. The van der Waals surface area contributed by atoms with Gasteiger partial charge in [-0.3, -0.25) is 0 Å². The maximum atomic E-state index is 13.0. The number of carboxylic acid groups (broad SMARTS) is 1. The van der Waals surface area contributed by atoms with E-state index in [2.05, 4.69) is 15.1 Å². The van der Waals surface area contributed by atoms with Gasteiger partial charge in [0.1, 0.15) is 5.69 Å². The average Bonchev–Trinajstić information content (AvgIpc) is 3.02. The first-order chi connectivity index (χ1) is 12.3. The van der Waals surface area contributed by atoms with Crippen molar-refractivity contribution >= 4 is 17.0 Å². The summed E-state index contributed by atoms with van der Waals surface area (Å²) in [5.74, 6) is -4.30. The highest BCUT2D eigenvalue weighted by atomic mass is 19.3. The van der Waals surface area contributed by atoms with Crippen molar-refractivity contribution in [3.05, 3.63) is 48.0 Å². The smallest absolute Gasteiger partial charge is 0.354 e. The highest BCUT2D eigenvalue weighted by Gasteiger charge is 2.48. The van der Waals surface area contributed by atoms with E-state index in [9.17, 15) is 18.7 Å². The number of aliphatic hydroxyl groups excluding tert-OH is 1. The number of halogens is 2. The Morgan fingerprint density at radius 2 is 2.00 bits per heavy atom. The molecule has 0 aliphatic heterocycles. The molecule has 3 aromatic rings. The van der Waals surface area contributed by atoms with Crippen LogP contribution in [0.4, 0.5) is 8.78 Å². The molecule has 0 bridgehead atoms. The van der Waals surface area contributed by atoms with Crippen molar-refractivity contribution in [1.82, 2.24) is 19.7 Å². The Bertz CT molecular complexity index is 979. The Morgan fingerprint density at radius 3 is 2.62 bits per heavy atom. The molecule has 134 valence electrons. The van der Waals surface area contributed by atoms with E-state index in [1.807, 2.05) is 0 Å². The van der Waals surface area contributed by atoms with Crippen LogP contribution in [-0.2, 0) is 0 Å². The van der Waals surface area contributed by atoms with E-state index in [1.54, 1.807) is 18.3 Å². The van der Waals surface area contributed by atoms with Gasteiger partial charge in [0.05, 0.1) is 24.2 Å². The summed E-state index contributed by atoms with van der Waals surface area (Å²) in [6.45, 7) is 0. The quantitative estimate of drug-likeness (QED) is 0.742. The van der Waals surface area contributed by atoms with Crippen LogP contribution in [0, 0.1) is 5.92 Å². The Morgan fingerprint density at radius 1 is 1.23 bits per heavy atom. The minimum absolute atomic E-state index is 0.0825. The number of pyridine rings is 2. The number of carbonyl (C=O) groups is 1. The summed E-state index contributed by atoms with van der Waals surface area (Å²) in [6, 6.07) is 4.59. The Hall–Kier alpha value is -2.94. The predicted molar refractivity (Wildman–Crippen MR) is 86.3 cm³/mol. The number of aromatic carboxylic acids is 1. The third kappa shape index (κ3) is 2.80. The molecule has 1 saturated carbocycles.